The van der Waals surface area contributed by atoms with Crippen LogP contribution in [0.4, 0.5) is 13.2 Å². The van der Waals surface area contributed by atoms with E-state index in [1.165, 1.54) is 23.7 Å². The van der Waals surface area contributed by atoms with E-state index < -0.39 is 23.8 Å². The second-order valence-electron chi connectivity index (χ2n) is 5.20. The molecule has 2 N–H and O–H groups in total. The summed E-state index contributed by atoms with van der Waals surface area (Å²) >= 11 is 0. The smallest absolute Gasteiger partial charge is 0.416 e. The van der Waals surface area contributed by atoms with E-state index in [-0.39, 0.29) is 12.0 Å². The molecule has 1 atom stereocenters. The van der Waals surface area contributed by atoms with E-state index in [9.17, 15) is 18.0 Å². The van der Waals surface area contributed by atoms with Crippen LogP contribution in [-0.4, -0.2) is 11.1 Å². The molecule has 2 aromatic carbocycles. The van der Waals surface area contributed by atoms with Crippen LogP contribution in [0.2, 0.25) is 0 Å². The second-order valence-corrected chi connectivity index (χ2v) is 5.20. The molecule has 4 nitrogen and oxygen atoms in total. The number of hydroxylamine groups is 1. The van der Waals surface area contributed by atoms with Gasteiger partial charge >= 0.3 is 6.18 Å². The Labute approximate surface area is 129 Å². The summed E-state index contributed by atoms with van der Waals surface area (Å²) in [5.74, 6) is -0.262. The number of amides is 1. The van der Waals surface area contributed by atoms with Crippen molar-refractivity contribution in [3.8, 4) is 5.75 Å². The Hall–Kier alpha value is -2.54. The van der Waals surface area contributed by atoms with E-state index in [1.807, 2.05) is 0 Å². The third-order valence-corrected chi connectivity index (χ3v) is 3.68. The van der Waals surface area contributed by atoms with Gasteiger partial charge in [-0.2, -0.15) is 13.2 Å². The highest BCUT2D eigenvalue weighted by Gasteiger charge is 2.33. The SMILES string of the molecule is O=C(NO)c1cccc([C@@H]2Cc3cc(C(F)(F)F)ccc3O2)c1. The molecule has 0 saturated heterocycles. The molecule has 7 heteroatoms. The fraction of sp³-hybridized carbons (Fsp3) is 0.188. The first-order chi connectivity index (χ1) is 10.9. The van der Waals surface area contributed by atoms with Gasteiger partial charge in [0.2, 0.25) is 0 Å². The lowest BCUT2D eigenvalue weighted by molar-refractivity contribution is -0.137. The van der Waals surface area contributed by atoms with Crippen LogP contribution in [0.1, 0.15) is 33.2 Å². The van der Waals surface area contributed by atoms with Gasteiger partial charge in [0.25, 0.3) is 5.91 Å². The first kappa shape index (κ1) is 15.4. The minimum atomic E-state index is -4.40. The molecule has 23 heavy (non-hydrogen) atoms. The number of benzene rings is 2. The summed E-state index contributed by atoms with van der Waals surface area (Å²) in [5, 5.41) is 8.66. The lowest BCUT2D eigenvalue weighted by Crippen LogP contribution is -2.19. The van der Waals surface area contributed by atoms with Crippen LogP contribution in [0.15, 0.2) is 42.5 Å². The van der Waals surface area contributed by atoms with Crippen LogP contribution < -0.4 is 10.2 Å². The molecule has 1 amide bonds. The summed E-state index contributed by atoms with van der Waals surface area (Å²) in [7, 11) is 0. The maximum atomic E-state index is 12.7. The molecule has 0 aromatic heterocycles. The van der Waals surface area contributed by atoms with Gasteiger partial charge in [-0.1, -0.05) is 12.1 Å². The number of ether oxygens (including phenoxy) is 1. The zero-order chi connectivity index (χ0) is 16.6. The minimum Gasteiger partial charge on any atom is -0.485 e. The lowest BCUT2D eigenvalue weighted by Gasteiger charge is -2.12. The predicted molar refractivity (Wildman–Crippen MR) is 74.2 cm³/mol. The topological polar surface area (TPSA) is 58.6 Å². The van der Waals surface area contributed by atoms with Gasteiger partial charge in [-0.15, -0.1) is 0 Å². The van der Waals surface area contributed by atoms with E-state index in [0.717, 1.165) is 12.1 Å². The zero-order valence-electron chi connectivity index (χ0n) is 11.7. The van der Waals surface area contributed by atoms with Crippen LogP contribution in [0, 0.1) is 0 Å². The molecule has 120 valence electrons. The Morgan fingerprint density at radius 2 is 2.00 bits per heavy atom. The van der Waals surface area contributed by atoms with Gasteiger partial charge < -0.3 is 4.74 Å². The van der Waals surface area contributed by atoms with Gasteiger partial charge in [-0.3, -0.25) is 10.0 Å². The number of nitrogens with one attached hydrogen (secondary N) is 1. The Morgan fingerprint density at radius 1 is 1.22 bits per heavy atom. The van der Waals surface area contributed by atoms with Crippen molar-refractivity contribution in [2.24, 2.45) is 0 Å². The normalized spacial score (nSPS) is 16.6. The first-order valence-corrected chi connectivity index (χ1v) is 6.79. The highest BCUT2D eigenvalue weighted by molar-refractivity contribution is 5.93. The Kier molecular flexibility index (Phi) is 3.73. The highest BCUT2D eigenvalue weighted by atomic mass is 19.4. The third kappa shape index (κ3) is 3.00. The maximum Gasteiger partial charge on any atom is 0.416 e. The number of rotatable bonds is 2. The van der Waals surface area contributed by atoms with Crippen molar-refractivity contribution >= 4 is 5.91 Å². The van der Waals surface area contributed by atoms with Crippen molar-refractivity contribution in [2.45, 2.75) is 18.7 Å². The van der Waals surface area contributed by atoms with Gasteiger partial charge in [0.05, 0.1) is 5.56 Å². The van der Waals surface area contributed by atoms with Crippen molar-refractivity contribution in [3.05, 3.63) is 64.7 Å². The van der Waals surface area contributed by atoms with E-state index >= 15 is 0 Å². The van der Waals surface area contributed by atoms with Gasteiger partial charge in [-0.25, -0.2) is 5.48 Å². The third-order valence-electron chi connectivity index (χ3n) is 3.68. The molecule has 0 saturated carbocycles. The number of carbonyl (C=O) groups excluding carboxylic acids is 1. The van der Waals surface area contributed by atoms with E-state index in [4.69, 9.17) is 9.94 Å². The van der Waals surface area contributed by atoms with Crippen LogP contribution in [0.5, 0.6) is 5.75 Å². The van der Waals surface area contributed by atoms with Crippen LogP contribution in [0.3, 0.4) is 0 Å². The van der Waals surface area contributed by atoms with Crippen molar-refractivity contribution in [3.63, 3.8) is 0 Å². The van der Waals surface area contributed by atoms with Crippen LogP contribution in [-0.2, 0) is 12.6 Å². The molecule has 0 fully saturated rings. The monoisotopic (exact) mass is 323 g/mol. The van der Waals surface area contributed by atoms with Gasteiger partial charge in [-0.05, 0) is 41.5 Å². The molecule has 0 aliphatic carbocycles. The molecule has 0 bridgehead atoms. The Bertz CT molecular complexity index is 758. The van der Waals surface area contributed by atoms with Crippen LogP contribution in [0.25, 0.3) is 0 Å². The lowest BCUT2D eigenvalue weighted by atomic mass is 10.0. The summed E-state index contributed by atoms with van der Waals surface area (Å²) < 4.78 is 43.9. The Morgan fingerprint density at radius 3 is 2.70 bits per heavy atom. The highest BCUT2D eigenvalue weighted by Crippen LogP contribution is 2.40. The average Bonchev–Trinajstić information content (AvgIpc) is 2.96. The summed E-state index contributed by atoms with van der Waals surface area (Å²) in [6.07, 6.45) is -4.59. The molecular weight excluding hydrogens is 311 g/mol. The Balaban J connectivity index is 1.86. The molecular formula is C16H12F3NO3. The number of fused-ring (bicyclic) bond motifs is 1. The minimum absolute atomic E-state index is 0.237. The van der Waals surface area contributed by atoms with Gasteiger partial charge in [0, 0.05) is 12.0 Å². The summed E-state index contributed by atoms with van der Waals surface area (Å²) in [6.45, 7) is 0. The first-order valence-electron chi connectivity index (χ1n) is 6.79. The van der Waals surface area contributed by atoms with E-state index in [2.05, 4.69) is 0 Å². The molecule has 3 rings (SSSR count). The zero-order valence-corrected chi connectivity index (χ0v) is 11.7. The fourth-order valence-corrected chi connectivity index (χ4v) is 2.56. The maximum absolute atomic E-state index is 12.7. The quantitative estimate of drug-likeness (QED) is 0.657. The molecule has 1 heterocycles. The summed E-state index contributed by atoms with van der Waals surface area (Å²) in [6, 6.07) is 9.76. The van der Waals surface area contributed by atoms with Crippen molar-refractivity contribution in [1.82, 2.24) is 5.48 Å². The van der Waals surface area contributed by atoms with Crippen molar-refractivity contribution in [2.75, 3.05) is 0 Å². The number of halogens is 3. The van der Waals surface area contributed by atoms with Crippen molar-refractivity contribution in [1.29, 1.82) is 0 Å². The number of hydrogen-bond acceptors (Lipinski definition) is 3. The molecule has 0 unspecified atom stereocenters. The molecule has 0 radical (unpaired) electrons. The van der Waals surface area contributed by atoms with Crippen molar-refractivity contribution < 1.29 is 27.9 Å². The molecule has 1 aliphatic heterocycles. The number of carbonyl (C=O) groups is 1. The molecule has 1 aliphatic rings. The largest absolute Gasteiger partial charge is 0.485 e. The second kappa shape index (κ2) is 5.58. The number of hydrogen-bond donors (Lipinski definition) is 2. The number of alkyl halides is 3. The van der Waals surface area contributed by atoms with E-state index in [1.54, 1.807) is 12.1 Å². The predicted octanol–water partition coefficient (Wildman–Crippen LogP) is 3.50. The summed E-state index contributed by atoms with van der Waals surface area (Å²) in [5.41, 5.74) is 2.18. The molecule has 2 aromatic rings. The summed E-state index contributed by atoms with van der Waals surface area (Å²) in [4.78, 5) is 11.4. The standard InChI is InChI=1S/C16H12F3NO3/c17-16(18,19)12-4-5-13-11(7-12)8-14(23-13)9-2-1-3-10(6-9)15(21)20-22/h1-7,14,22H,8H2,(H,20,21)/t14-/m0/s1. The van der Waals surface area contributed by atoms with Gasteiger partial charge in [0.15, 0.2) is 0 Å². The van der Waals surface area contributed by atoms with E-state index in [0.29, 0.717) is 16.9 Å². The molecule has 0 spiro atoms. The van der Waals surface area contributed by atoms with Crippen LogP contribution >= 0.6 is 0 Å². The van der Waals surface area contributed by atoms with Gasteiger partial charge in [0.1, 0.15) is 11.9 Å². The average molecular weight is 323 g/mol. The fourth-order valence-electron chi connectivity index (χ4n) is 2.56.